The molecule has 1 aromatic carbocycles. The summed E-state index contributed by atoms with van der Waals surface area (Å²) in [6.45, 7) is 3.40. The van der Waals surface area contributed by atoms with Gasteiger partial charge in [0.2, 0.25) is 5.95 Å². The van der Waals surface area contributed by atoms with Gasteiger partial charge >= 0.3 is 0 Å². The molecule has 1 heterocycles. The highest BCUT2D eigenvalue weighted by Gasteiger charge is 2.05. The van der Waals surface area contributed by atoms with E-state index in [9.17, 15) is 0 Å². The molecule has 0 spiro atoms. The number of anilines is 2. The van der Waals surface area contributed by atoms with Crippen LogP contribution in [0, 0.1) is 0 Å². The molecule has 0 saturated heterocycles. The van der Waals surface area contributed by atoms with Crippen LogP contribution in [-0.2, 0) is 6.54 Å². The zero-order chi connectivity index (χ0) is 13.7. The van der Waals surface area contributed by atoms with Crippen LogP contribution in [0.25, 0.3) is 0 Å². The van der Waals surface area contributed by atoms with Crippen molar-refractivity contribution in [3.63, 3.8) is 0 Å². The van der Waals surface area contributed by atoms with Crippen molar-refractivity contribution >= 4 is 39.3 Å². The number of nitrogens with one attached hydrogen (secondary N) is 2. The van der Waals surface area contributed by atoms with E-state index in [0.717, 1.165) is 16.6 Å². The highest BCUT2D eigenvalue weighted by atomic mass is 79.9. The molecule has 0 aliphatic carbocycles. The van der Waals surface area contributed by atoms with Crippen molar-refractivity contribution in [1.29, 1.82) is 0 Å². The van der Waals surface area contributed by atoms with E-state index >= 15 is 0 Å². The van der Waals surface area contributed by atoms with Gasteiger partial charge in [-0.05, 0) is 18.6 Å². The van der Waals surface area contributed by atoms with Gasteiger partial charge in [0, 0.05) is 17.6 Å². The maximum absolute atomic E-state index is 6.08. The summed E-state index contributed by atoms with van der Waals surface area (Å²) in [5.41, 5.74) is 1.14. The van der Waals surface area contributed by atoms with Crippen molar-refractivity contribution in [2.75, 3.05) is 17.2 Å². The standard InChI is InChI=1S/C13H14BrClN4/c1-2-16-13-18-8-11(15)12(19-13)17-7-9-5-3-4-6-10(9)14/h3-6,8H,2,7H2,1H3,(H2,16,17,18,19). The van der Waals surface area contributed by atoms with E-state index in [2.05, 4.69) is 36.5 Å². The highest BCUT2D eigenvalue weighted by Crippen LogP contribution is 2.22. The zero-order valence-corrected chi connectivity index (χ0v) is 12.8. The van der Waals surface area contributed by atoms with Crippen LogP contribution in [0.15, 0.2) is 34.9 Å². The summed E-state index contributed by atoms with van der Waals surface area (Å²) in [5.74, 6) is 1.20. The highest BCUT2D eigenvalue weighted by molar-refractivity contribution is 9.10. The minimum atomic E-state index is 0.508. The SMILES string of the molecule is CCNc1ncc(Cl)c(NCc2ccccc2Br)n1. The van der Waals surface area contributed by atoms with Crippen LogP contribution in [0.4, 0.5) is 11.8 Å². The molecule has 0 amide bonds. The Morgan fingerprint density at radius 2 is 2.05 bits per heavy atom. The van der Waals surface area contributed by atoms with Gasteiger partial charge in [-0.1, -0.05) is 45.7 Å². The van der Waals surface area contributed by atoms with Crippen LogP contribution in [0.2, 0.25) is 5.02 Å². The van der Waals surface area contributed by atoms with E-state index in [1.165, 1.54) is 0 Å². The van der Waals surface area contributed by atoms with Gasteiger partial charge in [-0.25, -0.2) is 4.98 Å². The smallest absolute Gasteiger partial charge is 0.224 e. The molecule has 0 atom stereocenters. The van der Waals surface area contributed by atoms with Crippen LogP contribution in [0.3, 0.4) is 0 Å². The minimum absolute atomic E-state index is 0.508. The van der Waals surface area contributed by atoms with Gasteiger partial charge in [-0.2, -0.15) is 4.98 Å². The number of rotatable bonds is 5. The molecular weight excluding hydrogens is 328 g/mol. The van der Waals surface area contributed by atoms with Crippen LogP contribution >= 0.6 is 27.5 Å². The lowest BCUT2D eigenvalue weighted by Crippen LogP contribution is -2.07. The summed E-state index contributed by atoms with van der Waals surface area (Å²) in [5, 5.41) is 6.78. The van der Waals surface area contributed by atoms with Crippen molar-refractivity contribution in [3.05, 3.63) is 45.5 Å². The van der Waals surface area contributed by atoms with Crippen molar-refractivity contribution < 1.29 is 0 Å². The molecule has 2 aromatic rings. The summed E-state index contributed by atoms with van der Waals surface area (Å²) in [6, 6.07) is 8.02. The Balaban J connectivity index is 2.10. The van der Waals surface area contributed by atoms with Crippen molar-refractivity contribution in [2.24, 2.45) is 0 Å². The number of halogens is 2. The Hall–Kier alpha value is -1.33. The van der Waals surface area contributed by atoms with Crippen LogP contribution < -0.4 is 10.6 Å². The van der Waals surface area contributed by atoms with E-state index in [4.69, 9.17) is 11.6 Å². The molecule has 19 heavy (non-hydrogen) atoms. The summed E-state index contributed by atoms with van der Waals surface area (Å²) in [4.78, 5) is 8.42. The molecule has 2 rings (SSSR count). The van der Waals surface area contributed by atoms with Gasteiger partial charge in [-0.15, -0.1) is 0 Å². The van der Waals surface area contributed by atoms with Gasteiger partial charge in [0.15, 0.2) is 5.82 Å². The summed E-state index contributed by atoms with van der Waals surface area (Å²) < 4.78 is 1.06. The summed E-state index contributed by atoms with van der Waals surface area (Å²) in [6.07, 6.45) is 1.59. The van der Waals surface area contributed by atoms with E-state index in [0.29, 0.717) is 23.3 Å². The molecule has 0 aliphatic heterocycles. The summed E-state index contributed by atoms with van der Waals surface area (Å²) in [7, 11) is 0. The quantitative estimate of drug-likeness (QED) is 0.865. The monoisotopic (exact) mass is 340 g/mol. The third-order valence-electron chi connectivity index (χ3n) is 2.48. The van der Waals surface area contributed by atoms with E-state index in [1.54, 1.807) is 6.20 Å². The predicted molar refractivity (Wildman–Crippen MR) is 82.7 cm³/mol. The van der Waals surface area contributed by atoms with Crippen LogP contribution in [-0.4, -0.2) is 16.5 Å². The normalized spacial score (nSPS) is 10.3. The van der Waals surface area contributed by atoms with Gasteiger partial charge in [0.05, 0.1) is 6.20 Å². The second kappa shape index (κ2) is 6.73. The van der Waals surface area contributed by atoms with E-state index in [-0.39, 0.29) is 0 Å². The molecule has 0 radical (unpaired) electrons. The third-order valence-corrected chi connectivity index (χ3v) is 3.53. The Labute approximate surface area is 125 Å². The molecule has 0 bridgehead atoms. The second-order valence-corrected chi connectivity index (χ2v) is 5.13. The number of aromatic nitrogens is 2. The average Bonchev–Trinajstić information content (AvgIpc) is 2.41. The van der Waals surface area contributed by atoms with E-state index in [1.807, 2.05) is 31.2 Å². The van der Waals surface area contributed by atoms with Crippen molar-refractivity contribution in [3.8, 4) is 0 Å². The lowest BCUT2D eigenvalue weighted by molar-refractivity contribution is 1.05. The number of hydrogen-bond acceptors (Lipinski definition) is 4. The Morgan fingerprint density at radius 1 is 1.26 bits per heavy atom. The van der Waals surface area contributed by atoms with Gasteiger partial charge in [0.1, 0.15) is 5.02 Å². The van der Waals surface area contributed by atoms with Crippen LogP contribution in [0.1, 0.15) is 12.5 Å². The summed E-state index contributed by atoms with van der Waals surface area (Å²) >= 11 is 9.58. The molecule has 6 heteroatoms. The molecule has 2 N–H and O–H groups in total. The Morgan fingerprint density at radius 3 is 2.79 bits per heavy atom. The first-order chi connectivity index (χ1) is 9.20. The first kappa shape index (κ1) is 14.1. The average molecular weight is 342 g/mol. The van der Waals surface area contributed by atoms with Gasteiger partial charge < -0.3 is 10.6 Å². The fraction of sp³-hybridized carbons (Fsp3) is 0.231. The molecule has 100 valence electrons. The second-order valence-electron chi connectivity index (χ2n) is 3.87. The first-order valence-corrected chi connectivity index (χ1v) is 7.11. The molecular formula is C13H14BrClN4. The fourth-order valence-electron chi connectivity index (χ4n) is 1.56. The molecule has 1 aromatic heterocycles. The number of hydrogen-bond donors (Lipinski definition) is 2. The lowest BCUT2D eigenvalue weighted by atomic mass is 10.2. The molecule has 0 saturated carbocycles. The zero-order valence-electron chi connectivity index (χ0n) is 10.5. The van der Waals surface area contributed by atoms with Crippen molar-refractivity contribution in [2.45, 2.75) is 13.5 Å². The lowest BCUT2D eigenvalue weighted by Gasteiger charge is -2.10. The largest absolute Gasteiger partial charge is 0.365 e. The van der Waals surface area contributed by atoms with Crippen LogP contribution in [0.5, 0.6) is 0 Å². The maximum atomic E-state index is 6.08. The van der Waals surface area contributed by atoms with Gasteiger partial charge in [-0.3, -0.25) is 0 Å². The number of benzene rings is 1. The predicted octanol–water partition coefficient (Wildman–Crippen LogP) is 3.94. The topological polar surface area (TPSA) is 49.8 Å². The van der Waals surface area contributed by atoms with Gasteiger partial charge in [0.25, 0.3) is 0 Å². The third kappa shape index (κ3) is 3.81. The first-order valence-electron chi connectivity index (χ1n) is 5.94. The maximum Gasteiger partial charge on any atom is 0.224 e. The fourth-order valence-corrected chi connectivity index (χ4v) is 2.14. The van der Waals surface area contributed by atoms with Crippen molar-refractivity contribution in [1.82, 2.24) is 9.97 Å². The minimum Gasteiger partial charge on any atom is -0.365 e. The molecule has 0 aliphatic rings. The molecule has 0 fully saturated rings. The molecule has 4 nitrogen and oxygen atoms in total. The molecule has 0 unspecified atom stereocenters. The Bertz CT molecular complexity index is 562. The number of nitrogens with zero attached hydrogens (tertiary/aromatic N) is 2. The Kier molecular flexibility index (Phi) is 4.99. The van der Waals surface area contributed by atoms with E-state index < -0.39 is 0 Å².